The van der Waals surface area contributed by atoms with Gasteiger partial charge in [0.25, 0.3) is 0 Å². The number of aryl methyl sites for hydroxylation is 1. The molecule has 4 nitrogen and oxygen atoms in total. The smallest absolute Gasteiger partial charge is 0.309 e. The topological polar surface area (TPSA) is 66.4 Å². The monoisotopic (exact) mass is 345 g/mol. The van der Waals surface area contributed by atoms with E-state index in [0.29, 0.717) is 12.8 Å². The summed E-state index contributed by atoms with van der Waals surface area (Å²) in [7, 11) is 0. The van der Waals surface area contributed by atoms with E-state index in [2.05, 4.69) is 24.4 Å². The number of carbonyl (C=O) groups is 2. The first-order valence-electron chi connectivity index (χ1n) is 9.22. The number of unbranched alkanes of at least 4 members (excludes halogenated alkanes) is 1. The van der Waals surface area contributed by atoms with Gasteiger partial charge in [-0.05, 0) is 55.7 Å². The minimum Gasteiger partial charge on any atom is -0.481 e. The fourth-order valence-corrected chi connectivity index (χ4v) is 3.91. The van der Waals surface area contributed by atoms with Gasteiger partial charge in [-0.25, -0.2) is 0 Å². The van der Waals surface area contributed by atoms with E-state index < -0.39 is 22.2 Å². The average molecular weight is 345 g/mol. The maximum Gasteiger partial charge on any atom is 0.309 e. The highest BCUT2D eigenvalue weighted by molar-refractivity contribution is 5.97. The lowest BCUT2D eigenvalue weighted by molar-refractivity contribution is -0.157. The van der Waals surface area contributed by atoms with Crippen molar-refractivity contribution >= 4 is 17.6 Å². The molecule has 2 atom stereocenters. The Bertz CT molecular complexity index is 650. The van der Waals surface area contributed by atoms with E-state index in [1.54, 1.807) is 6.92 Å². The summed E-state index contributed by atoms with van der Waals surface area (Å²) in [4.78, 5) is 24.8. The molecule has 1 aromatic carbocycles. The van der Waals surface area contributed by atoms with E-state index in [1.165, 1.54) is 5.56 Å². The van der Waals surface area contributed by atoms with Crippen LogP contribution in [0.5, 0.6) is 0 Å². The molecule has 1 aliphatic carbocycles. The molecule has 25 heavy (non-hydrogen) atoms. The molecule has 0 aromatic heterocycles. The van der Waals surface area contributed by atoms with Gasteiger partial charge in [0.2, 0.25) is 5.91 Å². The van der Waals surface area contributed by atoms with Gasteiger partial charge in [0, 0.05) is 5.69 Å². The molecule has 0 heterocycles. The summed E-state index contributed by atoms with van der Waals surface area (Å²) < 4.78 is 0. The molecule has 1 saturated carbocycles. The summed E-state index contributed by atoms with van der Waals surface area (Å²) in [5, 5.41) is 12.7. The largest absolute Gasteiger partial charge is 0.481 e. The normalized spacial score (nSPS) is 27.9. The van der Waals surface area contributed by atoms with Gasteiger partial charge in [0.15, 0.2) is 0 Å². The number of hydrogen-bond acceptors (Lipinski definition) is 2. The number of aliphatic carboxylic acids is 1. The zero-order valence-corrected chi connectivity index (χ0v) is 16.1. The third-order valence-corrected chi connectivity index (χ3v) is 6.89. The van der Waals surface area contributed by atoms with E-state index in [-0.39, 0.29) is 5.91 Å². The molecular weight excluding hydrogens is 314 g/mol. The van der Waals surface area contributed by atoms with Gasteiger partial charge >= 0.3 is 5.97 Å². The number of carbonyl (C=O) groups excluding carboxylic acids is 1. The second-order valence-corrected chi connectivity index (χ2v) is 8.35. The van der Waals surface area contributed by atoms with Crippen LogP contribution in [0.2, 0.25) is 0 Å². The number of rotatable bonds is 6. The number of nitrogens with one attached hydrogen (secondary N) is 1. The summed E-state index contributed by atoms with van der Waals surface area (Å²) >= 11 is 0. The predicted molar refractivity (Wildman–Crippen MR) is 101 cm³/mol. The Morgan fingerprint density at radius 1 is 1.04 bits per heavy atom. The standard InChI is InChI=1S/C21H31NO3/c1-6-7-8-15-9-11-16(12-10-15)22-17(23)20(4)13-14-21(5,18(24)25)19(20,2)3/h9-12H,6-8,13-14H2,1-5H3,(H,22,23)(H,24,25). The van der Waals surface area contributed by atoms with Crippen molar-refractivity contribution < 1.29 is 14.7 Å². The van der Waals surface area contributed by atoms with Crippen LogP contribution < -0.4 is 5.32 Å². The Kier molecular flexibility index (Phi) is 5.31. The highest BCUT2D eigenvalue weighted by Crippen LogP contribution is 2.63. The average Bonchev–Trinajstić information content (AvgIpc) is 2.76. The molecule has 0 spiro atoms. The lowest BCUT2D eigenvalue weighted by Gasteiger charge is -2.44. The van der Waals surface area contributed by atoms with Crippen molar-refractivity contribution in [3.8, 4) is 0 Å². The molecule has 1 fully saturated rings. The number of hydrogen-bond donors (Lipinski definition) is 2. The Balaban J connectivity index is 2.16. The summed E-state index contributed by atoms with van der Waals surface area (Å²) in [5.41, 5.74) is -0.224. The Morgan fingerprint density at radius 2 is 1.60 bits per heavy atom. The third-order valence-electron chi connectivity index (χ3n) is 6.89. The summed E-state index contributed by atoms with van der Waals surface area (Å²) in [6, 6.07) is 7.97. The lowest BCUT2D eigenvalue weighted by Crippen LogP contribution is -2.49. The number of benzene rings is 1. The predicted octanol–water partition coefficient (Wildman–Crippen LogP) is 4.88. The second kappa shape index (κ2) is 6.81. The van der Waals surface area contributed by atoms with Crippen LogP contribution in [0, 0.1) is 16.2 Å². The van der Waals surface area contributed by atoms with Gasteiger partial charge in [-0.1, -0.05) is 46.2 Å². The number of carboxylic acids is 1. The molecule has 2 rings (SSSR count). The highest BCUT2D eigenvalue weighted by atomic mass is 16.4. The molecular formula is C21H31NO3. The molecule has 0 aliphatic heterocycles. The first kappa shape index (κ1) is 19.5. The molecule has 1 aliphatic rings. The molecule has 1 amide bonds. The zero-order valence-electron chi connectivity index (χ0n) is 16.1. The van der Waals surface area contributed by atoms with Gasteiger partial charge in [-0.15, -0.1) is 0 Å². The van der Waals surface area contributed by atoms with Crippen molar-refractivity contribution in [3.05, 3.63) is 29.8 Å². The van der Waals surface area contributed by atoms with E-state index in [0.717, 1.165) is 24.9 Å². The molecule has 1 aromatic rings. The van der Waals surface area contributed by atoms with Crippen LogP contribution in [-0.4, -0.2) is 17.0 Å². The van der Waals surface area contributed by atoms with Gasteiger partial charge in [-0.2, -0.15) is 0 Å². The van der Waals surface area contributed by atoms with Crippen LogP contribution in [0.15, 0.2) is 24.3 Å². The maximum absolute atomic E-state index is 13.0. The van der Waals surface area contributed by atoms with Crippen molar-refractivity contribution in [3.63, 3.8) is 0 Å². The fourth-order valence-electron chi connectivity index (χ4n) is 3.91. The number of amides is 1. The minimum absolute atomic E-state index is 0.0937. The van der Waals surface area contributed by atoms with Crippen LogP contribution in [0.4, 0.5) is 5.69 Å². The molecule has 4 heteroatoms. The minimum atomic E-state index is -0.900. The highest BCUT2D eigenvalue weighted by Gasteiger charge is 2.64. The van der Waals surface area contributed by atoms with Gasteiger partial charge in [0.05, 0.1) is 10.8 Å². The summed E-state index contributed by atoms with van der Waals surface area (Å²) in [5.74, 6) is -0.918. The van der Waals surface area contributed by atoms with E-state index in [4.69, 9.17) is 0 Å². The van der Waals surface area contributed by atoms with Gasteiger partial charge in [0.1, 0.15) is 0 Å². The van der Waals surface area contributed by atoms with Crippen LogP contribution >= 0.6 is 0 Å². The third kappa shape index (κ3) is 3.19. The SMILES string of the molecule is CCCCc1ccc(NC(=O)C2(C)CCC(C)(C(=O)O)C2(C)C)cc1. The Labute approximate surface area is 151 Å². The summed E-state index contributed by atoms with van der Waals surface area (Å²) in [6.07, 6.45) is 4.45. The van der Waals surface area contributed by atoms with Crippen LogP contribution in [0.3, 0.4) is 0 Å². The number of anilines is 1. The fraction of sp³-hybridized carbons (Fsp3) is 0.619. The molecule has 0 bridgehead atoms. The van der Waals surface area contributed by atoms with Gasteiger partial charge in [-0.3, -0.25) is 9.59 Å². The number of carboxylic acid groups (broad SMARTS) is 1. The van der Waals surface area contributed by atoms with E-state index in [1.807, 2.05) is 32.9 Å². The van der Waals surface area contributed by atoms with E-state index in [9.17, 15) is 14.7 Å². The van der Waals surface area contributed by atoms with Crippen molar-refractivity contribution in [2.75, 3.05) is 5.32 Å². The van der Waals surface area contributed by atoms with Crippen molar-refractivity contribution in [2.45, 2.75) is 66.7 Å². The van der Waals surface area contributed by atoms with Crippen LogP contribution in [0.25, 0.3) is 0 Å². The molecule has 0 saturated heterocycles. The molecule has 138 valence electrons. The molecule has 2 N–H and O–H groups in total. The van der Waals surface area contributed by atoms with Crippen LogP contribution in [0.1, 0.15) is 65.9 Å². The Morgan fingerprint density at radius 3 is 2.08 bits per heavy atom. The first-order chi connectivity index (χ1) is 11.6. The van der Waals surface area contributed by atoms with Crippen molar-refractivity contribution in [2.24, 2.45) is 16.2 Å². The van der Waals surface area contributed by atoms with Crippen molar-refractivity contribution in [1.82, 2.24) is 0 Å². The van der Waals surface area contributed by atoms with Gasteiger partial charge < -0.3 is 10.4 Å². The summed E-state index contributed by atoms with van der Waals surface area (Å²) in [6.45, 7) is 9.63. The first-order valence-corrected chi connectivity index (χ1v) is 9.22. The second-order valence-electron chi connectivity index (χ2n) is 8.35. The molecule has 0 radical (unpaired) electrons. The quantitative estimate of drug-likeness (QED) is 0.772. The van der Waals surface area contributed by atoms with Crippen molar-refractivity contribution in [1.29, 1.82) is 0 Å². The van der Waals surface area contributed by atoms with Crippen LogP contribution in [-0.2, 0) is 16.0 Å². The molecule has 2 unspecified atom stereocenters. The maximum atomic E-state index is 13.0. The Hall–Kier alpha value is -1.84. The van der Waals surface area contributed by atoms with E-state index >= 15 is 0 Å². The zero-order chi connectivity index (χ0) is 18.9. The lowest BCUT2D eigenvalue weighted by atomic mass is 9.59.